The predicted molar refractivity (Wildman–Crippen MR) is 85.3 cm³/mol. The van der Waals surface area contributed by atoms with E-state index in [-0.39, 0.29) is 18.2 Å². The number of methoxy groups -OCH3 is 2. The van der Waals surface area contributed by atoms with Crippen LogP contribution in [0.2, 0.25) is 0 Å². The Kier molecular flexibility index (Phi) is 7.56. The molecule has 2 N–H and O–H groups in total. The third-order valence-electron chi connectivity index (χ3n) is 3.17. The van der Waals surface area contributed by atoms with E-state index < -0.39 is 11.9 Å². The van der Waals surface area contributed by atoms with Crippen LogP contribution in [0.5, 0.6) is 0 Å². The predicted octanol–water partition coefficient (Wildman–Crippen LogP) is 1.49. The summed E-state index contributed by atoms with van der Waals surface area (Å²) >= 11 is 0. The summed E-state index contributed by atoms with van der Waals surface area (Å²) < 4.78 is 9.22. The fraction of sp³-hybridized carbons (Fsp3) is 0.294. The Labute approximate surface area is 135 Å². The van der Waals surface area contributed by atoms with Crippen LogP contribution >= 0.6 is 0 Å². The highest BCUT2D eigenvalue weighted by Gasteiger charge is 2.15. The van der Waals surface area contributed by atoms with Gasteiger partial charge in [-0.3, -0.25) is 0 Å². The van der Waals surface area contributed by atoms with Crippen LogP contribution < -0.4 is 5.32 Å². The number of esters is 2. The molecule has 0 bridgehead atoms. The van der Waals surface area contributed by atoms with Crippen LogP contribution in [0.4, 0.5) is 0 Å². The number of benzene rings is 1. The normalized spacial score (nSPS) is 13.2. The van der Waals surface area contributed by atoms with Gasteiger partial charge in [-0.05, 0) is 18.6 Å². The number of carbonyl (C=O) groups is 2. The monoisotopic (exact) mass is 319 g/mol. The number of hydrogen-bond acceptors (Lipinski definition) is 6. The SMILES string of the molecule is COC(=O)/C=C/C(C(=O)OC)=C(/C)N[C@H](CO)c1ccccc1. The van der Waals surface area contributed by atoms with Crippen molar-refractivity contribution in [2.45, 2.75) is 13.0 Å². The molecule has 1 rings (SSSR count). The lowest BCUT2D eigenvalue weighted by molar-refractivity contribution is -0.135. The van der Waals surface area contributed by atoms with Crippen LogP contribution in [-0.4, -0.2) is 37.9 Å². The zero-order chi connectivity index (χ0) is 17.2. The summed E-state index contributed by atoms with van der Waals surface area (Å²) in [6.07, 6.45) is 2.45. The molecule has 6 nitrogen and oxygen atoms in total. The number of rotatable bonds is 7. The summed E-state index contributed by atoms with van der Waals surface area (Å²) in [4.78, 5) is 23.1. The first kappa shape index (κ1) is 18.4. The van der Waals surface area contributed by atoms with Crippen molar-refractivity contribution in [1.82, 2.24) is 5.32 Å². The third-order valence-corrected chi connectivity index (χ3v) is 3.17. The van der Waals surface area contributed by atoms with Gasteiger partial charge in [-0.15, -0.1) is 0 Å². The third kappa shape index (κ3) is 5.60. The zero-order valence-corrected chi connectivity index (χ0v) is 13.4. The summed E-state index contributed by atoms with van der Waals surface area (Å²) in [7, 11) is 2.50. The number of hydrogen-bond donors (Lipinski definition) is 2. The van der Waals surface area contributed by atoms with Gasteiger partial charge in [0.15, 0.2) is 0 Å². The molecule has 0 aliphatic carbocycles. The van der Waals surface area contributed by atoms with Gasteiger partial charge in [0.25, 0.3) is 0 Å². The van der Waals surface area contributed by atoms with Crippen molar-refractivity contribution in [3.63, 3.8) is 0 Å². The molecule has 0 aliphatic rings. The fourth-order valence-electron chi connectivity index (χ4n) is 1.93. The van der Waals surface area contributed by atoms with E-state index in [0.29, 0.717) is 5.70 Å². The van der Waals surface area contributed by atoms with Gasteiger partial charge in [0.05, 0.1) is 32.4 Å². The van der Waals surface area contributed by atoms with Gasteiger partial charge in [-0.1, -0.05) is 30.3 Å². The van der Waals surface area contributed by atoms with Gasteiger partial charge in [0.2, 0.25) is 0 Å². The molecule has 0 aliphatic heterocycles. The molecule has 0 amide bonds. The van der Waals surface area contributed by atoms with Crippen molar-refractivity contribution in [2.24, 2.45) is 0 Å². The van der Waals surface area contributed by atoms with Gasteiger partial charge in [-0.2, -0.15) is 0 Å². The maximum Gasteiger partial charge on any atom is 0.339 e. The molecule has 1 atom stereocenters. The Bertz CT molecular complexity index is 592. The molecule has 124 valence electrons. The largest absolute Gasteiger partial charge is 0.466 e. The first-order chi connectivity index (χ1) is 11.0. The molecule has 23 heavy (non-hydrogen) atoms. The van der Waals surface area contributed by atoms with Gasteiger partial charge in [0.1, 0.15) is 0 Å². The van der Waals surface area contributed by atoms with Crippen molar-refractivity contribution in [1.29, 1.82) is 0 Å². The zero-order valence-electron chi connectivity index (χ0n) is 13.4. The van der Waals surface area contributed by atoms with Crippen LogP contribution in [0.25, 0.3) is 0 Å². The number of nitrogens with one attached hydrogen (secondary N) is 1. The van der Waals surface area contributed by atoms with Crippen molar-refractivity contribution in [3.8, 4) is 0 Å². The number of aliphatic hydroxyl groups excluding tert-OH is 1. The lowest BCUT2D eigenvalue weighted by Gasteiger charge is -2.19. The Hall–Kier alpha value is -2.60. The van der Waals surface area contributed by atoms with E-state index in [1.54, 1.807) is 6.92 Å². The second-order valence-corrected chi connectivity index (χ2v) is 4.68. The summed E-state index contributed by atoms with van der Waals surface area (Å²) in [6.45, 7) is 1.51. The minimum atomic E-state index is -0.597. The molecule has 0 unspecified atom stereocenters. The first-order valence-corrected chi connectivity index (χ1v) is 7.01. The number of aliphatic hydroxyl groups is 1. The van der Waals surface area contributed by atoms with Gasteiger partial charge in [0, 0.05) is 11.8 Å². The number of ether oxygens (including phenoxy) is 2. The van der Waals surface area contributed by atoms with E-state index >= 15 is 0 Å². The highest BCUT2D eigenvalue weighted by Crippen LogP contribution is 2.16. The molecular formula is C17H21NO5. The standard InChI is InChI=1S/C17H21NO5/c1-12(14(17(21)23-3)9-10-16(20)22-2)18-15(11-19)13-7-5-4-6-8-13/h4-10,15,18-19H,11H2,1-3H3/b10-9+,14-12+/t15-/m1/s1. The maximum absolute atomic E-state index is 11.9. The molecule has 6 heteroatoms. The van der Waals surface area contributed by atoms with Crippen LogP contribution in [0.1, 0.15) is 18.5 Å². The van der Waals surface area contributed by atoms with Gasteiger partial charge >= 0.3 is 11.9 Å². The van der Waals surface area contributed by atoms with E-state index in [1.165, 1.54) is 20.3 Å². The second kappa shape index (κ2) is 9.42. The quantitative estimate of drug-likeness (QED) is 0.450. The molecule has 0 aromatic heterocycles. The molecule has 0 spiro atoms. The van der Waals surface area contributed by atoms with Crippen molar-refractivity contribution in [2.75, 3.05) is 20.8 Å². The van der Waals surface area contributed by atoms with Crippen molar-refractivity contribution >= 4 is 11.9 Å². The van der Waals surface area contributed by atoms with E-state index in [9.17, 15) is 14.7 Å². The van der Waals surface area contributed by atoms with E-state index in [1.807, 2.05) is 30.3 Å². The summed E-state index contributed by atoms with van der Waals surface area (Å²) in [6, 6.07) is 8.93. The smallest absolute Gasteiger partial charge is 0.339 e. The Morgan fingerprint density at radius 2 is 1.83 bits per heavy atom. The van der Waals surface area contributed by atoms with Crippen LogP contribution in [0.15, 0.2) is 53.8 Å². The highest BCUT2D eigenvalue weighted by molar-refractivity contribution is 5.94. The lowest BCUT2D eigenvalue weighted by atomic mass is 10.1. The molecule has 0 heterocycles. The van der Waals surface area contributed by atoms with Crippen LogP contribution in [-0.2, 0) is 19.1 Å². The summed E-state index contributed by atoms with van der Waals surface area (Å²) in [5, 5.41) is 12.6. The topological polar surface area (TPSA) is 84.9 Å². The highest BCUT2D eigenvalue weighted by atomic mass is 16.5. The molecular weight excluding hydrogens is 298 g/mol. The molecule has 0 radical (unpaired) electrons. The average Bonchev–Trinajstić information content (AvgIpc) is 2.59. The molecule has 0 saturated heterocycles. The Morgan fingerprint density at radius 1 is 1.17 bits per heavy atom. The molecule has 1 aromatic carbocycles. The lowest BCUT2D eigenvalue weighted by Crippen LogP contribution is -2.25. The second-order valence-electron chi connectivity index (χ2n) is 4.68. The number of allylic oxidation sites excluding steroid dienone is 1. The van der Waals surface area contributed by atoms with Gasteiger partial charge in [-0.25, -0.2) is 9.59 Å². The van der Waals surface area contributed by atoms with Crippen LogP contribution in [0.3, 0.4) is 0 Å². The van der Waals surface area contributed by atoms with Crippen molar-refractivity contribution < 1.29 is 24.2 Å². The molecule has 0 fully saturated rings. The maximum atomic E-state index is 11.9. The Balaban J connectivity index is 3.06. The van der Waals surface area contributed by atoms with E-state index in [4.69, 9.17) is 4.74 Å². The molecule has 1 aromatic rings. The number of carbonyl (C=O) groups excluding carboxylic acids is 2. The average molecular weight is 319 g/mol. The van der Waals surface area contributed by atoms with Gasteiger partial charge < -0.3 is 19.9 Å². The molecule has 0 saturated carbocycles. The van der Waals surface area contributed by atoms with Crippen molar-refractivity contribution in [3.05, 3.63) is 59.3 Å². The minimum Gasteiger partial charge on any atom is -0.466 e. The van der Waals surface area contributed by atoms with Crippen LogP contribution in [0, 0.1) is 0 Å². The summed E-state index contributed by atoms with van der Waals surface area (Å²) in [5.41, 5.74) is 1.52. The van der Waals surface area contributed by atoms with E-state index in [0.717, 1.165) is 11.6 Å². The first-order valence-electron chi connectivity index (χ1n) is 7.01. The van der Waals surface area contributed by atoms with E-state index in [2.05, 4.69) is 10.1 Å². The fourth-order valence-corrected chi connectivity index (χ4v) is 1.93. The Morgan fingerprint density at radius 3 is 2.35 bits per heavy atom. The summed E-state index contributed by atoms with van der Waals surface area (Å²) in [5.74, 6) is -1.18. The minimum absolute atomic E-state index is 0.156.